The highest BCUT2D eigenvalue weighted by molar-refractivity contribution is 7.92. The van der Waals surface area contributed by atoms with E-state index in [4.69, 9.17) is 16.3 Å². The summed E-state index contributed by atoms with van der Waals surface area (Å²) in [6.07, 6.45) is 6.77. The SMILES string of the molecule is COCC1CCCN1c1ccnc2ccc(-c3cnc(Cl)c(NS(C)(=O)=O)c3)cc12. The summed E-state index contributed by atoms with van der Waals surface area (Å²) in [4.78, 5) is 11.0. The number of methoxy groups -OCH3 is 1. The first-order chi connectivity index (χ1) is 14.4. The van der Waals surface area contributed by atoms with Crippen LogP contribution in [0.1, 0.15) is 12.8 Å². The highest BCUT2D eigenvalue weighted by atomic mass is 35.5. The minimum Gasteiger partial charge on any atom is -0.383 e. The average Bonchev–Trinajstić information content (AvgIpc) is 3.16. The predicted octanol–water partition coefficient (Wildman–Crippen LogP) is 3.94. The van der Waals surface area contributed by atoms with Crippen LogP contribution in [0, 0.1) is 0 Å². The van der Waals surface area contributed by atoms with Crippen LogP contribution in [0.4, 0.5) is 11.4 Å². The Morgan fingerprint density at radius 3 is 2.83 bits per heavy atom. The molecule has 1 aromatic carbocycles. The zero-order valence-corrected chi connectivity index (χ0v) is 18.4. The molecule has 0 spiro atoms. The zero-order valence-electron chi connectivity index (χ0n) is 16.8. The molecule has 0 aliphatic carbocycles. The molecule has 1 N–H and O–H groups in total. The molecule has 0 radical (unpaired) electrons. The Labute approximate surface area is 181 Å². The molecule has 0 amide bonds. The predicted molar refractivity (Wildman–Crippen MR) is 121 cm³/mol. The van der Waals surface area contributed by atoms with E-state index in [2.05, 4.69) is 25.7 Å². The van der Waals surface area contributed by atoms with Gasteiger partial charge in [0.15, 0.2) is 5.15 Å². The van der Waals surface area contributed by atoms with Crippen LogP contribution in [0.5, 0.6) is 0 Å². The number of pyridine rings is 2. The van der Waals surface area contributed by atoms with E-state index in [1.54, 1.807) is 19.4 Å². The first-order valence-corrected chi connectivity index (χ1v) is 11.9. The summed E-state index contributed by atoms with van der Waals surface area (Å²) in [7, 11) is -1.73. The van der Waals surface area contributed by atoms with Crippen LogP contribution in [0.2, 0.25) is 5.15 Å². The Kier molecular flexibility index (Phi) is 5.81. The number of anilines is 2. The summed E-state index contributed by atoms with van der Waals surface area (Å²) in [5.41, 5.74) is 3.94. The van der Waals surface area contributed by atoms with Crippen molar-refractivity contribution >= 4 is 43.9 Å². The molecule has 1 unspecified atom stereocenters. The van der Waals surface area contributed by atoms with Crippen molar-refractivity contribution in [3.8, 4) is 11.1 Å². The lowest BCUT2D eigenvalue weighted by Crippen LogP contribution is -2.32. The lowest BCUT2D eigenvalue weighted by molar-refractivity contribution is 0.181. The van der Waals surface area contributed by atoms with E-state index in [0.29, 0.717) is 12.6 Å². The second-order valence-corrected chi connectivity index (χ2v) is 9.55. The molecule has 1 atom stereocenters. The Balaban J connectivity index is 1.78. The number of hydrogen-bond acceptors (Lipinski definition) is 6. The number of hydrogen-bond donors (Lipinski definition) is 1. The van der Waals surface area contributed by atoms with Crippen molar-refractivity contribution in [1.82, 2.24) is 9.97 Å². The Morgan fingerprint density at radius 2 is 2.07 bits per heavy atom. The molecule has 0 saturated carbocycles. The molecule has 4 rings (SSSR count). The molecule has 2 aromatic heterocycles. The minimum atomic E-state index is -3.47. The molecule has 158 valence electrons. The molecule has 3 aromatic rings. The van der Waals surface area contributed by atoms with Gasteiger partial charge in [-0.3, -0.25) is 9.71 Å². The topological polar surface area (TPSA) is 84.4 Å². The van der Waals surface area contributed by atoms with E-state index in [1.165, 1.54) is 0 Å². The second kappa shape index (κ2) is 8.37. The normalized spacial score (nSPS) is 16.9. The largest absolute Gasteiger partial charge is 0.383 e. The van der Waals surface area contributed by atoms with Crippen molar-refractivity contribution in [1.29, 1.82) is 0 Å². The fraction of sp³-hybridized carbons (Fsp3) is 0.333. The maximum absolute atomic E-state index is 11.6. The van der Waals surface area contributed by atoms with Gasteiger partial charge >= 0.3 is 0 Å². The minimum absolute atomic E-state index is 0.104. The van der Waals surface area contributed by atoms with Crippen molar-refractivity contribution in [2.45, 2.75) is 18.9 Å². The number of fused-ring (bicyclic) bond motifs is 1. The van der Waals surface area contributed by atoms with Gasteiger partial charge in [0.1, 0.15) is 0 Å². The molecule has 30 heavy (non-hydrogen) atoms. The molecule has 9 heteroatoms. The van der Waals surface area contributed by atoms with Gasteiger partial charge in [-0.1, -0.05) is 17.7 Å². The lowest BCUT2D eigenvalue weighted by atomic mass is 10.0. The van der Waals surface area contributed by atoms with Gasteiger partial charge in [0.05, 0.1) is 30.1 Å². The summed E-state index contributed by atoms with van der Waals surface area (Å²) >= 11 is 6.08. The Bertz CT molecular complexity index is 1190. The molecule has 1 aliphatic rings. The molecule has 7 nitrogen and oxygen atoms in total. The first-order valence-electron chi connectivity index (χ1n) is 9.64. The summed E-state index contributed by atoms with van der Waals surface area (Å²) in [6, 6.07) is 10.0. The van der Waals surface area contributed by atoms with Gasteiger partial charge in [0.2, 0.25) is 10.0 Å². The van der Waals surface area contributed by atoms with Crippen LogP contribution in [0.3, 0.4) is 0 Å². The van der Waals surface area contributed by atoms with Crippen LogP contribution in [0.15, 0.2) is 42.7 Å². The van der Waals surface area contributed by atoms with E-state index in [1.807, 2.05) is 24.4 Å². The highest BCUT2D eigenvalue weighted by Gasteiger charge is 2.26. The summed E-state index contributed by atoms with van der Waals surface area (Å²) in [5.74, 6) is 0. The third kappa shape index (κ3) is 4.35. The number of sulfonamides is 1. The number of rotatable bonds is 6. The third-order valence-corrected chi connectivity index (χ3v) is 6.12. The van der Waals surface area contributed by atoms with E-state index in [0.717, 1.165) is 53.4 Å². The maximum Gasteiger partial charge on any atom is 0.229 e. The smallest absolute Gasteiger partial charge is 0.229 e. The Hall–Kier alpha value is -2.42. The summed E-state index contributed by atoms with van der Waals surface area (Å²) in [5, 5.41) is 1.14. The fourth-order valence-corrected chi connectivity index (χ4v) is 4.72. The van der Waals surface area contributed by atoms with Crippen molar-refractivity contribution in [2.24, 2.45) is 0 Å². The molecule has 3 heterocycles. The first kappa shape index (κ1) is 20.8. The standard InChI is InChI=1S/C21H23ClN4O3S/c1-29-13-16-4-3-9-26(16)20-7-8-23-18-6-5-14(10-17(18)20)15-11-19(21(22)24-12-15)25-30(2,27)28/h5-8,10-12,16,25H,3-4,9,13H2,1-2H3. The molecule has 0 bridgehead atoms. The number of halogens is 1. The monoisotopic (exact) mass is 446 g/mol. The average molecular weight is 447 g/mol. The van der Waals surface area contributed by atoms with Crippen molar-refractivity contribution < 1.29 is 13.2 Å². The van der Waals surface area contributed by atoms with Gasteiger partial charge in [-0.05, 0) is 42.7 Å². The van der Waals surface area contributed by atoms with E-state index in [-0.39, 0.29) is 10.8 Å². The van der Waals surface area contributed by atoms with Gasteiger partial charge in [-0.2, -0.15) is 0 Å². The molecule has 1 fully saturated rings. The maximum atomic E-state index is 11.6. The van der Waals surface area contributed by atoms with Gasteiger partial charge in [-0.15, -0.1) is 0 Å². The summed E-state index contributed by atoms with van der Waals surface area (Å²) in [6.45, 7) is 1.66. The van der Waals surface area contributed by atoms with Crippen LogP contribution in [-0.2, 0) is 14.8 Å². The fourth-order valence-electron chi connectivity index (χ4n) is 3.96. The molecular formula is C21H23ClN4O3S. The van der Waals surface area contributed by atoms with Crippen LogP contribution >= 0.6 is 11.6 Å². The van der Waals surface area contributed by atoms with Crippen molar-refractivity contribution in [3.05, 3.63) is 47.9 Å². The lowest BCUT2D eigenvalue weighted by Gasteiger charge is -2.27. The van der Waals surface area contributed by atoms with Crippen LogP contribution < -0.4 is 9.62 Å². The number of aromatic nitrogens is 2. The van der Waals surface area contributed by atoms with Gasteiger partial charge < -0.3 is 9.64 Å². The third-order valence-electron chi connectivity index (χ3n) is 5.23. The van der Waals surface area contributed by atoms with Crippen LogP contribution in [-0.4, -0.2) is 50.9 Å². The quantitative estimate of drug-likeness (QED) is 0.577. The number of nitrogens with zero attached hydrogens (tertiary/aromatic N) is 3. The highest BCUT2D eigenvalue weighted by Crippen LogP contribution is 2.35. The Morgan fingerprint density at radius 1 is 1.23 bits per heavy atom. The molecule has 1 saturated heterocycles. The van der Waals surface area contributed by atoms with E-state index >= 15 is 0 Å². The van der Waals surface area contributed by atoms with Crippen LogP contribution in [0.25, 0.3) is 22.0 Å². The van der Waals surface area contributed by atoms with Crippen molar-refractivity contribution in [3.63, 3.8) is 0 Å². The summed E-state index contributed by atoms with van der Waals surface area (Å²) < 4.78 is 31.1. The van der Waals surface area contributed by atoms with Gasteiger partial charge in [0.25, 0.3) is 0 Å². The molecular weight excluding hydrogens is 424 g/mol. The van der Waals surface area contributed by atoms with E-state index in [9.17, 15) is 8.42 Å². The van der Waals surface area contributed by atoms with Gasteiger partial charge in [0, 0.05) is 42.7 Å². The number of benzene rings is 1. The second-order valence-electron chi connectivity index (χ2n) is 7.44. The van der Waals surface area contributed by atoms with Gasteiger partial charge in [-0.25, -0.2) is 13.4 Å². The van der Waals surface area contributed by atoms with E-state index < -0.39 is 10.0 Å². The zero-order chi connectivity index (χ0) is 21.3. The number of nitrogens with one attached hydrogen (secondary N) is 1. The van der Waals surface area contributed by atoms with Crippen molar-refractivity contribution in [2.75, 3.05) is 36.1 Å². The molecule has 1 aliphatic heterocycles. The number of ether oxygens (including phenoxy) is 1.